The van der Waals surface area contributed by atoms with E-state index >= 15 is 0 Å². The van der Waals surface area contributed by atoms with Crippen molar-refractivity contribution >= 4 is 29.6 Å². The number of carbonyl (C=O) groups excluding carboxylic acids is 5. The Morgan fingerprint density at radius 1 is 0.933 bits per heavy atom. The second-order valence-electron chi connectivity index (χ2n) is 16.2. The molecule has 1 aromatic carbocycles. The maximum atomic E-state index is 14.5. The average molecular weight is 833 g/mol. The molecule has 2 N–H and O–H groups in total. The smallest absolute Gasteiger partial charge is 0.328 e. The van der Waals surface area contributed by atoms with Crippen molar-refractivity contribution in [1.29, 1.82) is 0 Å². The number of ether oxygens (including phenoxy) is 3. The third-order valence-corrected chi connectivity index (χ3v) is 11.4. The highest BCUT2D eigenvalue weighted by Crippen LogP contribution is 2.29. The van der Waals surface area contributed by atoms with E-state index in [1.165, 1.54) is 21.3 Å². The van der Waals surface area contributed by atoms with Gasteiger partial charge in [-0.15, -0.1) is 0 Å². The number of aromatic nitrogens is 1. The Labute approximate surface area is 357 Å². The highest BCUT2D eigenvalue weighted by atomic mass is 16.5. The van der Waals surface area contributed by atoms with Crippen LogP contribution in [-0.2, 0) is 51.1 Å². The second-order valence-corrected chi connectivity index (χ2v) is 16.2. The van der Waals surface area contributed by atoms with Crippen molar-refractivity contribution in [3.63, 3.8) is 0 Å². The summed E-state index contributed by atoms with van der Waals surface area (Å²) in [7, 11) is 7.80. The molecule has 7 atom stereocenters. The van der Waals surface area contributed by atoms with Crippen LogP contribution >= 0.6 is 0 Å². The van der Waals surface area contributed by atoms with Gasteiger partial charge in [-0.05, 0) is 67.9 Å². The number of likely N-dealkylation sites (tertiary alicyclic amines) is 1. The summed E-state index contributed by atoms with van der Waals surface area (Å²) < 4.78 is 16.9. The zero-order valence-electron chi connectivity index (χ0n) is 37.5. The quantitative estimate of drug-likeness (QED) is 0.0969. The SMILES string of the molecule is C=C(CC)[C@@H]([C@@H](CC(=O)N1CCCC1[C@H](OC)[C@@H](C)C(=O)N[C@@H](Cc1ccccc1)C(=O)OC)OC)N(C)C(=O)[C@@H](NC(=O)C(=C(C)C)N(C)Cc1ccncc1)C(C)C. The van der Waals surface area contributed by atoms with Crippen LogP contribution in [0.25, 0.3) is 0 Å². The fourth-order valence-electron chi connectivity index (χ4n) is 8.09. The molecular weight excluding hydrogens is 765 g/mol. The van der Waals surface area contributed by atoms with Crippen LogP contribution in [-0.4, -0.2) is 128 Å². The Balaban J connectivity index is 1.80. The summed E-state index contributed by atoms with van der Waals surface area (Å²) in [5.74, 6) is -2.89. The summed E-state index contributed by atoms with van der Waals surface area (Å²) in [6.45, 7) is 16.3. The van der Waals surface area contributed by atoms with Gasteiger partial charge in [0.25, 0.3) is 5.91 Å². The van der Waals surface area contributed by atoms with Crippen molar-refractivity contribution in [1.82, 2.24) is 30.3 Å². The van der Waals surface area contributed by atoms with Crippen LogP contribution in [0.1, 0.15) is 78.4 Å². The molecule has 3 rings (SSSR count). The van der Waals surface area contributed by atoms with E-state index < -0.39 is 54.2 Å². The predicted molar refractivity (Wildman–Crippen MR) is 231 cm³/mol. The molecule has 1 aromatic heterocycles. The summed E-state index contributed by atoms with van der Waals surface area (Å²) in [5, 5.41) is 5.87. The molecule has 0 aliphatic carbocycles. The first-order valence-electron chi connectivity index (χ1n) is 20.8. The van der Waals surface area contributed by atoms with Gasteiger partial charge in [-0.25, -0.2) is 4.79 Å². The fourth-order valence-corrected chi connectivity index (χ4v) is 8.09. The molecule has 1 aliphatic rings. The maximum Gasteiger partial charge on any atom is 0.328 e. The minimum Gasteiger partial charge on any atom is -0.467 e. The number of rotatable bonds is 22. The number of amides is 4. The first kappa shape index (κ1) is 49.3. The fraction of sp³-hybridized carbons (Fsp3) is 0.565. The topological polar surface area (TPSA) is 160 Å². The van der Waals surface area contributed by atoms with Gasteiger partial charge < -0.3 is 39.5 Å². The summed E-state index contributed by atoms with van der Waals surface area (Å²) in [5.41, 5.74) is 3.79. The Morgan fingerprint density at radius 2 is 1.58 bits per heavy atom. The number of carbonyl (C=O) groups is 5. The Morgan fingerprint density at radius 3 is 2.13 bits per heavy atom. The average Bonchev–Trinajstić information content (AvgIpc) is 3.72. The molecule has 1 fully saturated rings. The first-order chi connectivity index (χ1) is 28.5. The van der Waals surface area contributed by atoms with Crippen LogP contribution in [0.3, 0.4) is 0 Å². The van der Waals surface area contributed by atoms with E-state index in [0.717, 1.165) is 16.7 Å². The van der Waals surface area contributed by atoms with E-state index in [1.807, 2.05) is 89.0 Å². The molecule has 4 amide bonds. The molecule has 0 radical (unpaired) electrons. The van der Waals surface area contributed by atoms with Gasteiger partial charge in [0.2, 0.25) is 17.7 Å². The van der Waals surface area contributed by atoms with E-state index in [1.54, 1.807) is 36.2 Å². The van der Waals surface area contributed by atoms with E-state index in [2.05, 4.69) is 22.2 Å². The lowest BCUT2D eigenvalue weighted by Crippen LogP contribution is -2.57. The summed E-state index contributed by atoms with van der Waals surface area (Å²) >= 11 is 0. The third-order valence-electron chi connectivity index (χ3n) is 11.4. The van der Waals surface area contributed by atoms with Crippen molar-refractivity contribution in [3.8, 4) is 0 Å². The summed E-state index contributed by atoms with van der Waals surface area (Å²) in [6, 6.07) is 10.2. The highest BCUT2D eigenvalue weighted by molar-refractivity contribution is 5.97. The lowest BCUT2D eigenvalue weighted by molar-refractivity contribution is -0.147. The van der Waals surface area contributed by atoms with Gasteiger partial charge in [-0.3, -0.25) is 24.2 Å². The first-order valence-corrected chi connectivity index (χ1v) is 20.8. The van der Waals surface area contributed by atoms with Crippen molar-refractivity contribution in [3.05, 3.63) is 89.4 Å². The number of methoxy groups -OCH3 is 3. The zero-order chi connectivity index (χ0) is 44.7. The van der Waals surface area contributed by atoms with Crippen LogP contribution < -0.4 is 10.6 Å². The van der Waals surface area contributed by atoms with Gasteiger partial charge in [-0.2, -0.15) is 0 Å². The Hall–Kier alpha value is -5.08. The lowest BCUT2D eigenvalue weighted by atomic mass is 9.92. The molecule has 2 heterocycles. The number of likely N-dealkylation sites (N-methyl/N-ethyl adjacent to an activating group) is 2. The van der Waals surface area contributed by atoms with E-state index in [-0.39, 0.29) is 36.5 Å². The minimum atomic E-state index is -0.909. The molecule has 1 saturated heterocycles. The number of hydrogen-bond donors (Lipinski definition) is 2. The largest absolute Gasteiger partial charge is 0.467 e. The molecule has 1 aliphatic heterocycles. The number of hydrogen-bond acceptors (Lipinski definition) is 10. The third kappa shape index (κ3) is 13.0. The van der Waals surface area contributed by atoms with Crippen LogP contribution in [0.4, 0.5) is 0 Å². The molecule has 60 heavy (non-hydrogen) atoms. The van der Waals surface area contributed by atoms with Gasteiger partial charge in [0.05, 0.1) is 43.7 Å². The number of nitrogens with zero attached hydrogens (tertiary/aromatic N) is 4. The summed E-state index contributed by atoms with van der Waals surface area (Å²) in [4.78, 5) is 78.3. The zero-order valence-corrected chi connectivity index (χ0v) is 37.5. The van der Waals surface area contributed by atoms with E-state index in [4.69, 9.17) is 14.2 Å². The lowest BCUT2D eigenvalue weighted by Gasteiger charge is -2.39. The minimum absolute atomic E-state index is 0.0762. The molecule has 0 bridgehead atoms. The molecular formula is C46H68N6O8. The van der Waals surface area contributed by atoms with Crippen LogP contribution in [0, 0.1) is 11.8 Å². The predicted octanol–water partition coefficient (Wildman–Crippen LogP) is 4.69. The van der Waals surface area contributed by atoms with Crippen molar-refractivity contribution in [2.45, 2.75) is 117 Å². The molecule has 14 heteroatoms. The number of allylic oxidation sites excluding steroid dienone is 1. The Bertz CT molecular complexity index is 1780. The molecule has 2 aromatic rings. The molecule has 1 unspecified atom stereocenters. The van der Waals surface area contributed by atoms with Gasteiger partial charge >= 0.3 is 5.97 Å². The van der Waals surface area contributed by atoms with E-state index in [9.17, 15) is 24.0 Å². The van der Waals surface area contributed by atoms with Gasteiger partial charge in [0, 0.05) is 60.2 Å². The molecule has 0 saturated carbocycles. The van der Waals surface area contributed by atoms with Crippen LogP contribution in [0.15, 0.2) is 78.3 Å². The molecule has 14 nitrogen and oxygen atoms in total. The summed E-state index contributed by atoms with van der Waals surface area (Å²) in [6.07, 6.45) is 3.95. The monoisotopic (exact) mass is 833 g/mol. The second kappa shape index (κ2) is 23.6. The Kier molecular flexibility index (Phi) is 19.4. The normalized spacial score (nSPS) is 16.7. The highest BCUT2D eigenvalue weighted by Gasteiger charge is 2.43. The van der Waals surface area contributed by atoms with E-state index in [0.29, 0.717) is 43.6 Å². The number of pyridine rings is 1. The van der Waals surface area contributed by atoms with Crippen molar-refractivity contribution in [2.24, 2.45) is 11.8 Å². The van der Waals surface area contributed by atoms with Crippen molar-refractivity contribution < 1.29 is 38.2 Å². The maximum absolute atomic E-state index is 14.5. The van der Waals surface area contributed by atoms with Gasteiger partial charge in [-0.1, -0.05) is 70.2 Å². The number of esters is 1. The van der Waals surface area contributed by atoms with Crippen molar-refractivity contribution in [2.75, 3.05) is 42.0 Å². The van der Waals surface area contributed by atoms with Crippen LogP contribution in [0.5, 0.6) is 0 Å². The van der Waals surface area contributed by atoms with Crippen LogP contribution in [0.2, 0.25) is 0 Å². The van der Waals surface area contributed by atoms with Gasteiger partial charge in [0.15, 0.2) is 0 Å². The number of nitrogens with one attached hydrogen (secondary N) is 2. The number of benzene rings is 1. The molecule has 330 valence electrons. The standard InChI is InChI=1S/C46H68N6O8/c1-13-31(6)41(51(9)45(56)39(29(2)3)49-44(55)40(30(4)5)50(8)28-34-21-23-47-24-22-34)37(58-10)27-38(53)52-25-17-20-36(52)42(59-11)32(7)43(54)48-35(46(57)60-12)26-33-18-15-14-16-19-33/h14-16,18-19,21-24,29,32,35-37,39,41-42H,6,13,17,20,25-28H2,1-5,7-12H3,(H,48,54)(H,49,55)/t32-,35+,36?,37-,39+,41+,42-/m1/s1. The van der Waals surface area contributed by atoms with Gasteiger partial charge in [0.1, 0.15) is 17.8 Å². The molecule has 0 spiro atoms.